The van der Waals surface area contributed by atoms with E-state index in [0.717, 1.165) is 32.0 Å². The van der Waals surface area contributed by atoms with Crippen molar-refractivity contribution in [3.05, 3.63) is 0 Å². The summed E-state index contributed by atoms with van der Waals surface area (Å²) < 4.78 is 12.1. The van der Waals surface area contributed by atoms with Gasteiger partial charge in [0.15, 0.2) is 5.79 Å². The van der Waals surface area contributed by atoms with Crippen molar-refractivity contribution in [2.75, 3.05) is 13.2 Å². The summed E-state index contributed by atoms with van der Waals surface area (Å²) >= 11 is 0. The van der Waals surface area contributed by atoms with E-state index in [4.69, 9.17) is 9.47 Å². The predicted octanol–water partition coefficient (Wildman–Crippen LogP) is 5.94. The number of hydrogen-bond donors (Lipinski definition) is 0. The van der Waals surface area contributed by atoms with E-state index in [1.807, 2.05) is 0 Å². The maximum absolute atomic E-state index is 6.04. The van der Waals surface area contributed by atoms with E-state index in [9.17, 15) is 0 Å². The molecule has 0 aromatic rings. The molecular weight excluding hydrogens is 248 g/mol. The molecule has 0 amide bonds. The van der Waals surface area contributed by atoms with Gasteiger partial charge in [-0.1, -0.05) is 52.9 Å². The van der Waals surface area contributed by atoms with E-state index >= 15 is 0 Å². The van der Waals surface area contributed by atoms with Crippen molar-refractivity contribution in [3.63, 3.8) is 0 Å². The molecule has 2 nitrogen and oxygen atoms in total. The smallest absolute Gasteiger partial charge is 0.168 e. The maximum atomic E-state index is 6.04. The molecule has 0 aliphatic rings. The molecular formula is C18H38O2. The second-order valence-electron chi connectivity index (χ2n) is 6.02. The SMILES string of the molecule is CCCCCC(CCCC(C)CCC)(OCC)OCC. The van der Waals surface area contributed by atoms with E-state index in [1.54, 1.807) is 0 Å². The van der Waals surface area contributed by atoms with Crippen LogP contribution >= 0.6 is 0 Å². The molecule has 0 aliphatic carbocycles. The summed E-state index contributed by atoms with van der Waals surface area (Å²) in [5, 5.41) is 0. The van der Waals surface area contributed by atoms with Crippen LogP contribution in [-0.4, -0.2) is 19.0 Å². The van der Waals surface area contributed by atoms with Crippen LogP contribution in [-0.2, 0) is 9.47 Å². The number of rotatable bonds is 14. The van der Waals surface area contributed by atoms with Gasteiger partial charge in [-0.25, -0.2) is 0 Å². The van der Waals surface area contributed by atoms with Crippen LogP contribution in [0.25, 0.3) is 0 Å². The predicted molar refractivity (Wildman–Crippen MR) is 88.0 cm³/mol. The van der Waals surface area contributed by atoms with Crippen molar-refractivity contribution in [2.24, 2.45) is 5.92 Å². The van der Waals surface area contributed by atoms with Crippen molar-refractivity contribution in [1.29, 1.82) is 0 Å². The lowest BCUT2D eigenvalue weighted by Gasteiger charge is -2.34. The van der Waals surface area contributed by atoms with Crippen molar-refractivity contribution < 1.29 is 9.47 Å². The highest BCUT2D eigenvalue weighted by Crippen LogP contribution is 2.29. The average Bonchev–Trinajstić information content (AvgIpc) is 2.40. The van der Waals surface area contributed by atoms with Crippen LogP contribution in [0.2, 0.25) is 0 Å². The van der Waals surface area contributed by atoms with Gasteiger partial charge in [0.2, 0.25) is 0 Å². The van der Waals surface area contributed by atoms with Gasteiger partial charge < -0.3 is 9.47 Å². The van der Waals surface area contributed by atoms with E-state index in [-0.39, 0.29) is 5.79 Å². The van der Waals surface area contributed by atoms with Crippen LogP contribution < -0.4 is 0 Å². The molecule has 1 atom stereocenters. The van der Waals surface area contributed by atoms with E-state index < -0.39 is 0 Å². The second kappa shape index (κ2) is 12.6. The van der Waals surface area contributed by atoms with Gasteiger partial charge in [0, 0.05) is 26.1 Å². The zero-order chi connectivity index (χ0) is 15.3. The van der Waals surface area contributed by atoms with Gasteiger partial charge in [0.25, 0.3) is 0 Å². The van der Waals surface area contributed by atoms with Crippen LogP contribution in [0.1, 0.15) is 92.4 Å². The monoisotopic (exact) mass is 286 g/mol. The highest BCUT2D eigenvalue weighted by Gasteiger charge is 2.30. The summed E-state index contributed by atoms with van der Waals surface area (Å²) in [6.07, 6.45) is 11.0. The number of ether oxygens (including phenoxy) is 2. The first-order chi connectivity index (χ1) is 9.64. The molecule has 0 radical (unpaired) electrons. The minimum absolute atomic E-state index is 0.315. The summed E-state index contributed by atoms with van der Waals surface area (Å²) in [5.41, 5.74) is 0. The topological polar surface area (TPSA) is 18.5 Å². The third kappa shape index (κ3) is 8.97. The van der Waals surface area contributed by atoms with Crippen molar-refractivity contribution in [1.82, 2.24) is 0 Å². The van der Waals surface area contributed by atoms with Crippen molar-refractivity contribution in [3.8, 4) is 0 Å². The highest BCUT2D eigenvalue weighted by molar-refractivity contribution is 4.71. The fourth-order valence-electron chi connectivity index (χ4n) is 2.98. The zero-order valence-corrected chi connectivity index (χ0v) is 14.7. The van der Waals surface area contributed by atoms with Crippen LogP contribution in [0, 0.1) is 5.92 Å². The Labute approximate surface area is 127 Å². The number of hydrogen-bond acceptors (Lipinski definition) is 2. The molecule has 1 unspecified atom stereocenters. The van der Waals surface area contributed by atoms with E-state index in [1.165, 1.54) is 44.9 Å². The Morgan fingerprint density at radius 1 is 0.750 bits per heavy atom. The van der Waals surface area contributed by atoms with Gasteiger partial charge in [0.05, 0.1) is 0 Å². The second-order valence-corrected chi connectivity index (χ2v) is 6.02. The van der Waals surface area contributed by atoms with Gasteiger partial charge >= 0.3 is 0 Å². The summed E-state index contributed by atoms with van der Waals surface area (Å²) in [7, 11) is 0. The molecule has 0 bridgehead atoms. The number of unbranched alkanes of at least 4 members (excludes halogenated alkanes) is 2. The molecule has 0 spiro atoms. The minimum atomic E-state index is -0.315. The summed E-state index contributed by atoms with van der Waals surface area (Å²) in [5.74, 6) is 0.515. The first kappa shape index (κ1) is 19.9. The molecule has 0 aliphatic heterocycles. The Balaban J connectivity index is 4.32. The fourth-order valence-corrected chi connectivity index (χ4v) is 2.98. The molecule has 0 aromatic carbocycles. The molecule has 0 rings (SSSR count). The third-order valence-corrected chi connectivity index (χ3v) is 4.01. The quantitative estimate of drug-likeness (QED) is 0.290. The Kier molecular flexibility index (Phi) is 12.6. The lowest BCUT2D eigenvalue weighted by molar-refractivity contribution is -0.242. The van der Waals surface area contributed by atoms with Gasteiger partial charge in [0.1, 0.15) is 0 Å². The van der Waals surface area contributed by atoms with Crippen LogP contribution in [0.4, 0.5) is 0 Å². The zero-order valence-electron chi connectivity index (χ0n) is 14.7. The van der Waals surface area contributed by atoms with Crippen LogP contribution in [0.3, 0.4) is 0 Å². The van der Waals surface area contributed by atoms with E-state index in [2.05, 4.69) is 34.6 Å². The molecule has 122 valence electrons. The molecule has 0 fully saturated rings. The van der Waals surface area contributed by atoms with Crippen LogP contribution in [0.5, 0.6) is 0 Å². The Bertz CT molecular complexity index is 198. The fraction of sp³-hybridized carbons (Fsp3) is 1.00. The van der Waals surface area contributed by atoms with Crippen LogP contribution in [0.15, 0.2) is 0 Å². The van der Waals surface area contributed by atoms with Gasteiger partial charge in [-0.2, -0.15) is 0 Å². The maximum Gasteiger partial charge on any atom is 0.168 e. The summed E-state index contributed by atoms with van der Waals surface area (Å²) in [6.45, 7) is 12.5. The largest absolute Gasteiger partial charge is 0.350 e. The molecule has 0 saturated carbocycles. The molecule has 0 aromatic heterocycles. The Morgan fingerprint density at radius 3 is 1.85 bits per heavy atom. The van der Waals surface area contributed by atoms with Crippen molar-refractivity contribution >= 4 is 0 Å². The normalized spacial score (nSPS) is 13.7. The first-order valence-electron chi connectivity index (χ1n) is 8.91. The van der Waals surface area contributed by atoms with E-state index in [0.29, 0.717) is 0 Å². The average molecular weight is 287 g/mol. The molecule has 2 heteroatoms. The molecule has 20 heavy (non-hydrogen) atoms. The summed E-state index contributed by atoms with van der Waals surface area (Å²) in [4.78, 5) is 0. The van der Waals surface area contributed by atoms with Gasteiger partial charge in [-0.3, -0.25) is 0 Å². The summed E-state index contributed by atoms with van der Waals surface area (Å²) in [6, 6.07) is 0. The lowest BCUT2D eigenvalue weighted by atomic mass is 9.95. The minimum Gasteiger partial charge on any atom is -0.350 e. The van der Waals surface area contributed by atoms with Gasteiger partial charge in [-0.05, 0) is 32.6 Å². The Morgan fingerprint density at radius 2 is 1.35 bits per heavy atom. The molecule has 0 heterocycles. The first-order valence-corrected chi connectivity index (χ1v) is 8.91. The third-order valence-electron chi connectivity index (χ3n) is 4.01. The molecule has 0 saturated heterocycles. The Hall–Kier alpha value is -0.0800. The standard InChI is InChI=1S/C18H38O2/c1-6-10-11-15-18(19-8-3,20-9-4)16-12-14-17(5)13-7-2/h17H,6-16H2,1-5H3. The molecule has 0 N–H and O–H groups in total. The lowest BCUT2D eigenvalue weighted by Crippen LogP contribution is -2.36. The van der Waals surface area contributed by atoms with Gasteiger partial charge in [-0.15, -0.1) is 0 Å². The van der Waals surface area contributed by atoms with Crippen molar-refractivity contribution in [2.45, 2.75) is 98.2 Å². The highest BCUT2D eigenvalue weighted by atomic mass is 16.7.